The minimum absolute atomic E-state index is 0.387. The van der Waals surface area contributed by atoms with Crippen LogP contribution in [0.3, 0.4) is 0 Å². The van der Waals surface area contributed by atoms with Crippen LogP contribution in [0.5, 0.6) is 5.75 Å². The number of hydrogen-bond donors (Lipinski definition) is 3. The number of aromatic amines is 1. The molecule has 0 aliphatic heterocycles. The number of fused-ring (bicyclic) bond motifs is 1. The van der Waals surface area contributed by atoms with E-state index < -0.39 is 11.8 Å². The third-order valence-electron chi connectivity index (χ3n) is 4.44. The van der Waals surface area contributed by atoms with Gasteiger partial charge in [-0.05, 0) is 48.7 Å². The number of para-hydroxylation sites is 1. The maximum Gasteiger partial charge on any atom is 0.313 e. The van der Waals surface area contributed by atoms with E-state index in [1.165, 1.54) is 0 Å². The van der Waals surface area contributed by atoms with Crippen molar-refractivity contribution in [3.8, 4) is 5.75 Å². The van der Waals surface area contributed by atoms with Gasteiger partial charge in [0.2, 0.25) is 0 Å². The maximum absolute atomic E-state index is 12.1. The highest BCUT2D eigenvalue weighted by molar-refractivity contribution is 6.39. The number of anilines is 1. The molecule has 2 amide bonds. The summed E-state index contributed by atoms with van der Waals surface area (Å²) in [5.41, 5.74) is 2.72. The van der Waals surface area contributed by atoms with Gasteiger partial charge in [-0.15, -0.1) is 0 Å². The van der Waals surface area contributed by atoms with E-state index in [4.69, 9.17) is 4.74 Å². The third kappa shape index (κ3) is 5.13. The summed E-state index contributed by atoms with van der Waals surface area (Å²) in [5.74, 6) is -0.587. The SMILES string of the molecule is CCCCOc1ccc(NC(=O)C(=O)NCCc2c[nH]c3ccccc23)cc1. The molecule has 0 radical (unpaired) electrons. The van der Waals surface area contributed by atoms with Crippen molar-refractivity contribution >= 4 is 28.4 Å². The van der Waals surface area contributed by atoms with Crippen molar-refractivity contribution in [1.82, 2.24) is 10.3 Å². The number of aromatic nitrogens is 1. The van der Waals surface area contributed by atoms with E-state index in [1.807, 2.05) is 30.5 Å². The second-order valence-electron chi connectivity index (χ2n) is 6.55. The second-order valence-corrected chi connectivity index (χ2v) is 6.55. The molecular formula is C22H25N3O3. The van der Waals surface area contributed by atoms with Crippen molar-refractivity contribution in [3.63, 3.8) is 0 Å². The molecule has 6 nitrogen and oxygen atoms in total. The zero-order valence-electron chi connectivity index (χ0n) is 16.0. The van der Waals surface area contributed by atoms with Crippen molar-refractivity contribution < 1.29 is 14.3 Å². The fraction of sp³-hybridized carbons (Fsp3) is 0.273. The molecule has 0 spiro atoms. The van der Waals surface area contributed by atoms with Gasteiger partial charge in [-0.3, -0.25) is 9.59 Å². The first-order valence-electron chi connectivity index (χ1n) is 9.54. The molecule has 3 rings (SSSR count). The number of unbranched alkanes of at least 4 members (excludes halogenated alkanes) is 1. The predicted molar refractivity (Wildman–Crippen MR) is 110 cm³/mol. The Kier molecular flexibility index (Phi) is 6.68. The fourth-order valence-electron chi connectivity index (χ4n) is 2.89. The molecule has 3 N–H and O–H groups in total. The summed E-state index contributed by atoms with van der Waals surface area (Å²) in [7, 11) is 0. The highest BCUT2D eigenvalue weighted by atomic mass is 16.5. The summed E-state index contributed by atoms with van der Waals surface area (Å²) in [6.45, 7) is 3.16. The Morgan fingerprint density at radius 2 is 1.82 bits per heavy atom. The van der Waals surface area contributed by atoms with Crippen LogP contribution in [0.15, 0.2) is 54.7 Å². The van der Waals surface area contributed by atoms with Crippen molar-refractivity contribution in [2.45, 2.75) is 26.2 Å². The Hall–Kier alpha value is -3.28. The Labute approximate surface area is 164 Å². The van der Waals surface area contributed by atoms with Crippen LogP contribution >= 0.6 is 0 Å². The molecule has 0 saturated carbocycles. The summed E-state index contributed by atoms with van der Waals surface area (Å²) in [4.78, 5) is 27.3. The maximum atomic E-state index is 12.1. The molecule has 0 saturated heterocycles. The second kappa shape index (κ2) is 9.60. The average molecular weight is 379 g/mol. The minimum Gasteiger partial charge on any atom is -0.494 e. The van der Waals surface area contributed by atoms with Crippen molar-refractivity contribution in [2.75, 3.05) is 18.5 Å². The van der Waals surface area contributed by atoms with Crippen LogP contribution in [0.4, 0.5) is 5.69 Å². The van der Waals surface area contributed by atoms with E-state index in [1.54, 1.807) is 24.3 Å². The van der Waals surface area contributed by atoms with Crippen LogP contribution in [0.2, 0.25) is 0 Å². The first-order chi connectivity index (χ1) is 13.7. The normalized spacial score (nSPS) is 10.6. The van der Waals surface area contributed by atoms with Gasteiger partial charge < -0.3 is 20.4 Å². The van der Waals surface area contributed by atoms with Gasteiger partial charge in [0.25, 0.3) is 0 Å². The molecule has 1 heterocycles. The van der Waals surface area contributed by atoms with E-state index in [2.05, 4.69) is 22.5 Å². The summed E-state index contributed by atoms with van der Waals surface area (Å²) in [6.07, 6.45) is 4.65. The standard InChI is InChI=1S/C22H25N3O3/c1-2-3-14-28-18-10-8-17(9-11-18)25-22(27)21(26)23-13-12-16-15-24-20-7-5-4-6-19(16)20/h4-11,15,24H,2-3,12-14H2,1H3,(H,23,26)(H,25,27). The Bertz CT molecular complexity index is 932. The van der Waals surface area contributed by atoms with Gasteiger partial charge in [0.15, 0.2) is 0 Å². The van der Waals surface area contributed by atoms with Gasteiger partial charge in [0.05, 0.1) is 6.61 Å². The van der Waals surface area contributed by atoms with Gasteiger partial charge in [0, 0.05) is 29.3 Å². The summed E-state index contributed by atoms with van der Waals surface area (Å²) < 4.78 is 5.58. The van der Waals surface area contributed by atoms with Gasteiger partial charge in [-0.2, -0.15) is 0 Å². The predicted octanol–water partition coefficient (Wildman–Crippen LogP) is 3.64. The Morgan fingerprint density at radius 3 is 2.61 bits per heavy atom. The minimum atomic E-state index is -0.682. The Morgan fingerprint density at radius 1 is 1.04 bits per heavy atom. The van der Waals surface area contributed by atoms with E-state index in [0.717, 1.165) is 35.1 Å². The lowest BCUT2D eigenvalue weighted by Gasteiger charge is -2.08. The first kappa shape index (κ1) is 19.5. The van der Waals surface area contributed by atoms with E-state index >= 15 is 0 Å². The van der Waals surface area contributed by atoms with E-state index in [-0.39, 0.29) is 0 Å². The number of carbonyl (C=O) groups is 2. The smallest absolute Gasteiger partial charge is 0.313 e. The quantitative estimate of drug-likeness (QED) is 0.413. The van der Waals surface area contributed by atoms with Crippen LogP contribution in [-0.4, -0.2) is 29.9 Å². The number of H-pyrrole nitrogens is 1. The molecule has 28 heavy (non-hydrogen) atoms. The van der Waals surface area contributed by atoms with Crippen molar-refractivity contribution in [1.29, 1.82) is 0 Å². The number of ether oxygens (including phenoxy) is 1. The molecule has 3 aromatic rings. The summed E-state index contributed by atoms with van der Waals surface area (Å²) in [6, 6.07) is 15.0. The number of nitrogens with one attached hydrogen (secondary N) is 3. The number of rotatable bonds is 8. The van der Waals surface area contributed by atoms with Crippen LogP contribution < -0.4 is 15.4 Å². The van der Waals surface area contributed by atoms with Crippen LogP contribution in [0.1, 0.15) is 25.3 Å². The third-order valence-corrected chi connectivity index (χ3v) is 4.44. The molecule has 0 unspecified atom stereocenters. The topological polar surface area (TPSA) is 83.2 Å². The molecule has 1 aromatic heterocycles. The lowest BCUT2D eigenvalue weighted by molar-refractivity contribution is -0.136. The van der Waals surface area contributed by atoms with E-state index in [9.17, 15) is 9.59 Å². The van der Waals surface area contributed by atoms with Crippen LogP contribution in [0, 0.1) is 0 Å². The number of benzene rings is 2. The molecule has 0 atom stereocenters. The fourth-order valence-corrected chi connectivity index (χ4v) is 2.89. The van der Waals surface area contributed by atoms with E-state index in [0.29, 0.717) is 25.3 Å². The van der Waals surface area contributed by atoms with Crippen LogP contribution in [0.25, 0.3) is 10.9 Å². The lowest BCUT2D eigenvalue weighted by atomic mass is 10.1. The van der Waals surface area contributed by atoms with Gasteiger partial charge in [-0.1, -0.05) is 31.5 Å². The highest BCUT2D eigenvalue weighted by Crippen LogP contribution is 2.18. The van der Waals surface area contributed by atoms with Crippen molar-refractivity contribution in [2.24, 2.45) is 0 Å². The summed E-state index contributed by atoms with van der Waals surface area (Å²) >= 11 is 0. The average Bonchev–Trinajstić information content (AvgIpc) is 3.12. The molecule has 0 fully saturated rings. The first-order valence-corrected chi connectivity index (χ1v) is 9.54. The lowest BCUT2D eigenvalue weighted by Crippen LogP contribution is -2.36. The Balaban J connectivity index is 1.45. The molecular weight excluding hydrogens is 354 g/mol. The molecule has 146 valence electrons. The zero-order chi connectivity index (χ0) is 19.8. The molecule has 0 aliphatic carbocycles. The summed E-state index contributed by atoms with van der Waals surface area (Å²) in [5, 5.41) is 6.39. The van der Waals surface area contributed by atoms with Gasteiger partial charge in [-0.25, -0.2) is 0 Å². The van der Waals surface area contributed by atoms with Crippen LogP contribution in [-0.2, 0) is 16.0 Å². The monoisotopic (exact) mass is 379 g/mol. The van der Waals surface area contributed by atoms with Crippen molar-refractivity contribution in [3.05, 3.63) is 60.3 Å². The highest BCUT2D eigenvalue weighted by Gasteiger charge is 2.13. The zero-order valence-corrected chi connectivity index (χ0v) is 16.0. The molecule has 0 aliphatic rings. The number of carbonyl (C=O) groups excluding carboxylic acids is 2. The molecule has 2 aromatic carbocycles. The molecule has 6 heteroatoms. The van der Waals surface area contributed by atoms with Gasteiger partial charge in [0.1, 0.15) is 5.75 Å². The number of hydrogen-bond acceptors (Lipinski definition) is 3. The molecule has 0 bridgehead atoms. The largest absolute Gasteiger partial charge is 0.494 e. The van der Waals surface area contributed by atoms with Gasteiger partial charge >= 0.3 is 11.8 Å². The number of amides is 2.